The minimum atomic E-state index is -3.67. The van der Waals surface area contributed by atoms with E-state index in [2.05, 4.69) is 14.8 Å². The number of sulfonamides is 1. The lowest BCUT2D eigenvalue weighted by atomic mass is 10.00. The maximum Gasteiger partial charge on any atom is 0.240 e. The summed E-state index contributed by atoms with van der Waals surface area (Å²) < 4.78 is 30.2. The van der Waals surface area contributed by atoms with Gasteiger partial charge in [0.1, 0.15) is 0 Å². The van der Waals surface area contributed by atoms with Crippen molar-refractivity contribution in [3.8, 4) is 11.3 Å². The third kappa shape index (κ3) is 3.29. The molecule has 0 fully saturated rings. The molecule has 8 nitrogen and oxygen atoms in total. The molecule has 0 bridgehead atoms. The van der Waals surface area contributed by atoms with Crippen molar-refractivity contribution in [2.45, 2.75) is 30.7 Å². The molecule has 0 radical (unpaired) electrons. The van der Waals surface area contributed by atoms with Gasteiger partial charge in [-0.25, -0.2) is 13.1 Å². The van der Waals surface area contributed by atoms with Crippen molar-refractivity contribution >= 4 is 21.6 Å². The smallest absolute Gasteiger partial charge is 0.240 e. The highest BCUT2D eigenvalue weighted by Gasteiger charge is 2.32. The van der Waals surface area contributed by atoms with E-state index in [4.69, 9.17) is 0 Å². The highest BCUT2D eigenvalue weighted by atomic mass is 32.2. The molecule has 0 saturated carbocycles. The van der Waals surface area contributed by atoms with Crippen LogP contribution in [0.5, 0.6) is 0 Å². The van der Waals surface area contributed by atoms with Crippen molar-refractivity contribution in [3.05, 3.63) is 59.5 Å². The van der Waals surface area contributed by atoms with Crippen molar-refractivity contribution in [2.75, 3.05) is 11.4 Å². The summed E-state index contributed by atoms with van der Waals surface area (Å²) in [4.78, 5) is 18.5. The topological polar surface area (TPSA) is 97.2 Å². The summed E-state index contributed by atoms with van der Waals surface area (Å²) in [5.41, 5.74) is 5.25. The number of aryl methyl sites for hydroxylation is 2. The molecule has 154 valence electrons. The summed E-state index contributed by atoms with van der Waals surface area (Å²) in [5.74, 6) is 0.122. The first kappa shape index (κ1) is 19.0. The molecular weight excluding hydrogens is 402 g/mol. The van der Waals surface area contributed by atoms with Gasteiger partial charge in [-0.2, -0.15) is 5.10 Å². The summed E-state index contributed by atoms with van der Waals surface area (Å²) in [6, 6.07) is 7.11. The second-order valence-corrected chi connectivity index (χ2v) is 9.43. The van der Waals surface area contributed by atoms with Crippen LogP contribution in [-0.4, -0.2) is 35.6 Å². The summed E-state index contributed by atoms with van der Waals surface area (Å²) in [7, 11) is -1.83. The number of nitrogens with zero attached hydrogens (tertiary/aromatic N) is 4. The van der Waals surface area contributed by atoms with Gasteiger partial charge >= 0.3 is 0 Å². The van der Waals surface area contributed by atoms with Gasteiger partial charge in [-0.3, -0.25) is 14.5 Å². The fraction of sp³-hybridized carbons (Fsp3) is 0.286. The molecule has 5 rings (SSSR count). The average molecular weight is 423 g/mol. The fourth-order valence-corrected chi connectivity index (χ4v) is 5.21. The molecule has 3 aromatic rings. The predicted octanol–water partition coefficient (Wildman–Crippen LogP) is 1.80. The second kappa shape index (κ2) is 7.03. The van der Waals surface area contributed by atoms with Gasteiger partial charge in [-0.15, -0.1) is 0 Å². The first-order chi connectivity index (χ1) is 14.4. The number of amides is 1. The van der Waals surface area contributed by atoms with E-state index < -0.39 is 10.0 Å². The number of benzene rings is 1. The zero-order chi connectivity index (χ0) is 20.9. The van der Waals surface area contributed by atoms with Crippen molar-refractivity contribution in [1.82, 2.24) is 19.5 Å². The Morgan fingerprint density at radius 1 is 1.10 bits per heavy atom. The number of rotatable bonds is 5. The maximum atomic E-state index is 12.9. The summed E-state index contributed by atoms with van der Waals surface area (Å²) >= 11 is 0. The summed E-state index contributed by atoms with van der Waals surface area (Å²) in [6.45, 7) is 0.784. The Bertz CT molecular complexity index is 1250. The van der Waals surface area contributed by atoms with E-state index in [1.54, 1.807) is 34.1 Å². The zero-order valence-electron chi connectivity index (χ0n) is 16.5. The number of aromatic nitrogens is 3. The third-order valence-corrected chi connectivity index (χ3v) is 7.01. The molecule has 1 N–H and O–H groups in total. The number of anilines is 1. The van der Waals surface area contributed by atoms with Crippen LogP contribution in [0.2, 0.25) is 0 Å². The lowest BCUT2D eigenvalue weighted by molar-refractivity contribution is -0.118. The molecule has 2 aromatic heterocycles. The van der Waals surface area contributed by atoms with E-state index in [9.17, 15) is 13.2 Å². The molecule has 0 spiro atoms. The Morgan fingerprint density at radius 2 is 1.90 bits per heavy atom. The van der Waals surface area contributed by atoms with E-state index in [0.29, 0.717) is 25.8 Å². The van der Waals surface area contributed by atoms with Gasteiger partial charge in [0.2, 0.25) is 15.9 Å². The van der Waals surface area contributed by atoms with Crippen LogP contribution in [0, 0.1) is 0 Å². The average Bonchev–Trinajstić information content (AvgIpc) is 3.37. The number of carbonyl (C=O) groups is 1. The molecule has 1 aromatic carbocycles. The van der Waals surface area contributed by atoms with Gasteiger partial charge in [-0.05, 0) is 47.7 Å². The van der Waals surface area contributed by atoms with E-state index in [0.717, 1.165) is 33.6 Å². The highest BCUT2D eigenvalue weighted by molar-refractivity contribution is 7.89. The van der Waals surface area contributed by atoms with Crippen LogP contribution in [0.25, 0.3) is 11.3 Å². The Kier molecular flexibility index (Phi) is 4.44. The van der Waals surface area contributed by atoms with Crippen LogP contribution in [0.4, 0.5) is 5.69 Å². The van der Waals surface area contributed by atoms with Crippen LogP contribution >= 0.6 is 0 Å². The van der Waals surface area contributed by atoms with Crippen LogP contribution in [-0.2, 0) is 41.3 Å². The van der Waals surface area contributed by atoms with Gasteiger partial charge in [0.25, 0.3) is 0 Å². The van der Waals surface area contributed by atoms with Crippen molar-refractivity contribution < 1.29 is 13.2 Å². The van der Waals surface area contributed by atoms with Crippen LogP contribution in [0.1, 0.15) is 23.1 Å². The molecule has 0 aliphatic carbocycles. The quantitative estimate of drug-likeness (QED) is 0.675. The van der Waals surface area contributed by atoms with E-state index >= 15 is 0 Å². The van der Waals surface area contributed by atoms with Crippen molar-refractivity contribution in [2.24, 2.45) is 7.05 Å². The zero-order valence-corrected chi connectivity index (χ0v) is 17.3. The molecule has 30 heavy (non-hydrogen) atoms. The Labute approximate surface area is 174 Å². The van der Waals surface area contributed by atoms with Gasteiger partial charge < -0.3 is 4.90 Å². The van der Waals surface area contributed by atoms with Crippen molar-refractivity contribution in [3.63, 3.8) is 0 Å². The monoisotopic (exact) mass is 423 g/mol. The molecule has 0 saturated heterocycles. The van der Waals surface area contributed by atoms with Gasteiger partial charge in [0.05, 0.1) is 22.5 Å². The van der Waals surface area contributed by atoms with E-state index in [1.807, 2.05) is 25.4 Å². The van der Waals surface area contributed by atoms with Crippen LogP contribution in [0.15, 0.2) is 47.8 Å². The molecule has 4 heterocycles. The molecule has 2 aliphatic rings. The molecule has 9 heteroatoms. The van der Waals surface area contributed by atoms with E-state index in [-0.39, 0.29) is 17.3 Å². The highest BCUT2D eigenvalue weighted by Crippen LogP contribution is 2.38. The van der Waals surface area contributed by atoms with Gasteiger partial charge in [0, 0.05) is 44.5 Å². The van der Waals surface area contributed by atoms with Crippen LogP contribution < -0.4 is 9.62 Å². The van der Waals surface area contributed by atoms with Crippen molar-refractivity contribution in [1.29, 1.82) is 0 Å². The van der Waals surface area contributed by atoms with Gasteiger partial charge in [0.15, 0.2) is 0 Å². The van der Waals surface area contributed by atoms with Gasteiger partial charge in [-0.1, -0.05) is 6.07 Å². The SMILES string of the molecule is Cn1cc(-c2ccc(CNS(=O)(=O)c3cc4c5c(c3)CCN5C(=O)CC4)cn2)cn1. The lowest BCUT2D eigenvalue weighted by Crippen LogP contribution is -2.33. The first-order valence-corrected chi connectivity index (χ1v) is 11.3. The maximum absolute atomic E-state index is 12.9. The Morgan fingerprint density at radius 3 is 2.60 bits per heavy atom. The van der Waals surface area contributed by atoms with E-state index in [1.165, 1.54) is 0 Å². The fourth-order valence-electron chi connectivity index (χ4n) is 4.10. The normalized spacial score (nSPS) is 15.5. The minimum Gasteiger partial charge on any atom is -0.312 e. The number of hydrogen-bond acceptors (Lipinski definition) is 5. The Balaban J connectivity index is 1.34. The Hall–Kier alpha value is -3.04. The number of hydrogen-bond donors (Lipinski definition) is 1. The predicted molar refractivity (Wildman–Crippen MR) is 111 cm³/mol. The first-order valence-electron chi connectivity index (χ1n) is 9.80. The van der Waals surface area contributed by atoms with Crippen LogP contribution in [0.3, 0.4) is 0 Å². The molecule has 0 unspecified atom stereocenters. The molecule has 0 atom stereocenters. The number of pyridine rings is 1. The number of nitrogens with one attached hydrogen (secondary N) is 1. The summed E-state index contributed by atoms with van der Waals surface area (Å²) in [5, 5.41) is 4.13. The summed E-state index contributed by atoms with van der Waals surface area (Å²) in [6.07, 6.45) is 6.98. The third-order valence-electron chi connectivity index (χ3n) is 5.63. The second-order valence-electron chi connectivity index (χ2n) is 7.66. The number of carbonyl (C=O) groups excluding carboxylic acids is 1. The largest absolute Gasteiger partial charge is 0.312 e. The minimum absolute atomic E-state index is 0.122. The molecular formula is C21H21N5O3S. The molecule has 1 amide bonds. The molecule has 2 aliphatic heterocycles. The lowest BCUT2D eigenvalue weighted by Gasteiger charge is -2.25. The standard InChI is InChI=1S/C21H21N5O3S/c1-25-13-17(12-23-25)19-4-2-14(10-22-19)11-24-30(28,29)18-8-15-3-5-20(27)26-7-6-16(9-18)21(15)26/h2,4,8-10,12-13,24H,3,5-7,11H2,1H3.